The molecule has 1 aromatic carbocycles. The molecule has 6 heteroatoms. The molecule has 0 heterocycles. The summed E-state index contributed by atoms with van der Waals surface area (Å²) in [6.45, 7) is 5.61. The third-order valence-electron chi connectivity index (χ3n) is 3.73. The smallest absolute Gasteiger partial charge is 0.273 e. The van der Waals surface area contributed by atoms with Crippen LogP contribution in [0.3, 0.4) is 0 Å². The summed E-state index contributed by atoms with van der Waals surface area (Å²) in [4.78, 5) is 22.8. The Hall–Kier alpha value is -1.43. The molecule has 1 amide bonds. The maximum absolute atomic E-state index is 12.4. The number of hydrogen-bond donors (Lipinski definition) is 1. The van der Waals surface area contributed by atoms with E-state index < -0.39 is 4.92 Å². The number of nitrogens with one attached hydrogen (secondary N) is 1. The molecule has 0 aliphatic heterocycles. The van der Waals surface area contributed by atoms with Gasteiger partial charge in [-0.1, -0.05) is 35.8 Å². The van der Waals surface area contributed by atoms with Crippen LogP contribution in [-0.2, 0) is 0 Å². The molecule has 0 saturated heterocycles. The van der Waals surface area contributed by atoms with E-state index in [0.29, 0.717) is 16.5 Å². The van der Waals surface area contributed by atoms with E-state index in [2.05, 4.69) is 21.2 Å². The van der Waals surface area contributed by atoms with Crippen LogP contribution < -0.4 is 5.32 Å². The van der Waals surface area contributed by atoms with Gasteiger partial charge in [0.2, 0.25) is 0 Å². The molecule has 1 aromatic rings. The van der Waals surface area contributed by atoms with Crippen LogP contribution in [0.25, 0.3) is 0 Å². The molecule has 0 saturated carbocycles. The predicted octanol–water partition coefficient (Wildman–Crippen LogP) is 3.59. The zero-order valence-electron chi connectivity index (χ0n) is 11.9. The third kappa shape index (κ3) is 3.36. The van der Waals surface area contributed by atoms with Crippen molar-refractivity contribution in [3.8, 4) is 0 Å². The quantitative estimate of drug-likeness (QED) is 0.487. The fourth-order valence-corrected chi connectivity index (χ4v) is 2.96. The van der Waals surface area contributed by atoms with E-state index in [1.54, 1.807) is 13.0 Å². The topological polar surface area (TPSA) is 72.2 Å². The molecule has 1 N–H and O–H groups in total. The van der Waals surface area contributed by atoms with Crippen molar-refractivity contribution in [3.63, 3.8) is 0 Å². The first-order valence-corrected chi connectivity index (χ1v) is 7.65. The van der Waals surface area contributed by atoms with Crippen LogP contribution in [0.15, 0.2) is 18.2 Å². The van der Waals surface area contributed by atoms with Crippen LogP contribution in [-0.4, -0.2) is 21.7 Å². The van der Waals surface area contributed by atoms with Crippen LogP contribution in [0.2, 0.25) is 0 Å². The van der Waals surface area contributed by atoms with Gasteiger partial charge in [-0.05, 0) is 25.8 Å². The van der Waals surface area contributed by atoms with E-state index in [0.717, 1.165) is 12.8 Å². The van der Waals surface area contributed by atoms with Crippen molar-refractivity contribution in [3.05, 3.63) is 39.4 Å². The minimum absolute atomic E-state index is 0.0323. The summed E-state index contributed by atoms with van der Waals surface area (Å²) in [6, 6.07) is 4.55. The SMILES string of the molecule is CCC(CC)(CBr)NC(=O)c1cccc([N+](=O)[O-])c1C. The molecule has 0 aliphatic rings. The number of amides is 1. The fourth-order valence-electron chi connectivity index (χ4n) is 2.02. The van der Waals surface area contributed by atoms with E-state index in [4.69, 9.17) is 0 Å². The van der Waals surface area contributed by atoms with Gasteiger partial charge in [-0.2, -0.15) is 0 Å². The number of hydrogen-bond acceptors (Lipinski definition) is 3. The standard InChI is InChI=1S/C14H19BrN2O3/c1-4-14(5-2,9-15)16-13(18)11-7-6-8-12(10(11)3)17(19)20/h6-8H,4-5,9H2,1-3H3,(H,16,18). The summed E-state index contributed by atoms with van der Waals surface area (Å²) >= 11 is 3.43. The summed E-state index contributed by atoms with van der Waals surface area (Å²) in [5.41, 5.74) is 0.390. The van der Waals surface area contributed by atoms with Crippen molar-refractivity contribution in [2.24, 2.45) is 0 Å². The second-order valence-electron chi connectivity index (χ2n) is 4.78. The number of nitrogens with zero attached hydrogens (tertiary/aromatic N) is 1. The highest BCUT2D eigenvalue weighted by Gasteiger charge is 2.28. The van der Waals surface area contributed by atoms with Crippen molar-refractivity contribution in [2.75, 3.05) is 5.33 Å². The molecule has 1 rings (SSSR count). The molecule has 0 unspecified atom stereocenters. The van der Waals surface area contributed by atoms with Gasteiger partial charge in [-0.3, -0.25) is 14.9 Å². The average molecular weight is 343 g/mol. The monoisotopic (exact) mass is 342 g/mol. The van der Waals surface area contributed by atoms with Gasteiger partial charge in [0.25, 0.3) is 11.6 Å². The van der Waals surface area contributed by atoms with Gasteiger partial charge in [-0.25, -0.2) is 0 Å². The Morgan fingerprint density at radius 2 is 2.00 bits per heavy atom. The van der Waals surface area contributed by atoms with E-state index in [1.807, 2.05) is 13.8 Å². The number of carbonyl (C=O) groups is 1. The lowest BCUT2D eigenvalue weighted by atomic mass is 9.94. The normalized spacial score (nSPS) is 11.2. The first-order valence-electron chi connectivity index (χ1n) is 6.53. The largest absolute Gasteiger partial charge is 0.346 e. The molecule has 0 spiro atoms. The highest BCUT2D eigenvalue weighted by atomic mass is 79.9. The van der Waals surface area contributed by atoms with E-state index in [-0.39, 0.29) is 17.1 Å². The second kappa shape index (κ2) is 6.83. The lowest BCUT2D eigenvalue weighted by Crippen LogP contribution is -2.49. The number of carbonyl (C=O) groups excluding carboxylic acids is 1. The zero-order valence-corrected chi connectivity index (χ0v) is 13.5. The Morgan fingerprint density at radius 3 is 2.45 bits per heavy atom. The van der Waals surface area contributed by atoms with Crippen molar-refractivity contribution in [2.45, 2.75) is 39.2 Å². The molecule has 0 atom stereocenters. The molecule has 0 fully saturated rings. The van der Waals surface area contributed by atoms with Gasteiger partial charge in [0.05, 0.1) is 4.92 Å². The molecular formula is C14H19BrN2O3. The van der Waals surface area contributed by atoms with Gasteiger partial charge in [0.1, 0.15) is 0 Å². The number of benzene rings is 1. The summed E-state index contributed by atoms with van der Waals surface area (Å²) in [6.07, 6.45) is 1.57. The van der Waals surface area contributed by atoms with Gasteiger partial charge >= 0.3 is 0 Å². The van der Waals surface area contributed by atoms with Crippen molar-refractivity contribution < 1.29 is 9.72 Å². The summed E-state index contributed by atoms with van der Waals surface area (Å²) in [5.74, 6) is -0.269. The average Bonchev–Trinajstić information content (AvgIpc) is 2.44. The highest BCUT2D eigenvalue weighted by molar-refractivity contribution is 9.09. The summed E-state index contributed by atoms with van der Waals surface area (Å²) < 4.78 is 0. The number of alkyl halides is 1. The number of halogens is 1. The molecular weight excluding hydrogens is 324 g/mol. The third-order valence-corrected chi connectivity index (χ3v) is 4.81. The van der Waals surface area contributed by atoms with Gasteiger partial charge < -0.3 is 5.32 Å². The van der Waals surface area contributed by atoms with Crippen LogP contribution in [0.5, 0.6) is 0 Å². The predicted molar refractivity (Wildman–Crippen MR) is 82.4 cm³/mol. The molecule has 20 heavy (non-hydrogen) atoms. The molecule has 110 valence electrons. The van der Waals surface area contributed by atoms with Gasteiger partial charge in [0.15, 0.2) is 0 Å². The first-order chi connectivity index (χ1) is 9.40. The Bertz CT molecular complexity index is 505. The Morgan fingerprint density at radius 1 is 1.40 bits per heavy atom. The maximum Gasteiger partial charge on any atom is 0.273 e. The van der Waals surface area contributed by atoms with Gasteiger partial charge in [0, 0.05) is 28.1 Å². The maximum atomic E-state index is 12.4. The molecule has 5 nitrogen and oxygen atoms in total. The number of nitro benzene ring substituents is 1. The lowest BCUT2D eigenvalue weighted by Gasteiger charge is -2.31. The Kier molecular flexibility index (Phi) is 5.68. The Labute approximate surface area is 127 Å². The van der Waals surface area contributed by atoms with Crippen LogP contribution in [0.1, 0.15) is 42.6 Å². The van der Waals surface area contributed by atoms with Crippen LogP contribution >= 0.6 is 15.9 Å². The summed E-state index contributed by atoms with van der Waals surface area (Å²) in [5, 5.41) is 14.6. The van der Waals surface area contributed by atoms with Crippen LogP contribution in [0.4, 0.5) is 5.69 Å². The lowest BCUT2D eigenvalue weighted by molar-refractivity contribution is -0.385. The van der Waals surface area contributed by atoms with Crippen LogP contribution in [0, 0.1) is 17.0 Å². The number of nitro groups is 1. The van der Waals surface area contributed by atoms with E-state index >= 15 is 0 Å². The Balaban J connectivity index is 3.10. The summed E-state index contributed by atoms with van der Waals surface area (Å²) in [7, 11) is 0. The van der Waals surface area contributed by atoms with Crippen molar-refractivity contribution in [1.29, 1.82) is 0 Å². The van der Waals surface area contributed by atoms with Crippen molar-refractivity contribution >= 4 is 27.5 Å². The van der Waals surface area contributed by atoms with Gasteiger partial charge in [-0.15, -0.1) is 0 Å². The molecule has 0 aromatic heterocycles. The minimum Gasteiger partial charge on any atom is -0.346 e. The zero-order chi connectivity index (χ0) is 15.3. The van der Waals surface area contributed by atoms with E-state index in [1.165, 1.54) is 12.1 Å². The number of rotatable bonds is 6. The molecule has 0 aliphatic carbocycles. The fraction of sp³-hybridized carbons (Fsp3) is 0.500. The molecule has 0 radical (unpaired) electrons. The minimum atomic E-state index is -0.469. The van der Waals surface area contributed by atoms with E-state index in [9.17, 15) is 14.9 Å². The highest BCUT2D eigenvalue weighted by Crippen LogP contribution is 2.23. The molecule has 0 bridgehead atoms. The van der Waals surface area contributed by atoms with Crippen molar-refractivity contribution in [1.82, 2.24) is 5.32 Å². The first kappa shape index (κ1) is 16.6. The second-order valence-corrected chi connectivity index (χ2v) is 5.34.